The fraction of sp³-hybridized carbons (Fsp3) is 0.308. The van der Waals surface area contributed by atoms with Gasteiger partial charge in [-0.25, -0.2) is 4.98 Å². The highest BCUT2D eigenvalue weighted by atomic mass is 32.1. The van der Waals surface area contributed by atoms with Gasteiger partial charge in [0.25, 0.3) is 0 Å². The van der Waals surface area contributed by atoms with Crippen LogP contribution >= 0.6 is 11.3 Å². The molecule has 0 atom stereocenters. The molecule has 2 aromatic rings. The van der Waals surface area contributed by atoms with Crippen molar-refractivity contribution in [1.29, 1.82) is 0 Å². The maximum absolute atomic E-state index is 9.25. The van der Waals surface area contributed by atoms with Crippen molar-refractivity contribution < 1.29 is 9.84 Å². The molecule has 90 valence electrons. The average molecular weight is 249 g/mol. The van der Waals surface area contributed by atoms with E-state index in [1.165, 1.54) is 0 Å². The summed E-state index contributed by atoms with van der Waals surface area (Å²) in [4.78, 5) is 4.33. The van der Waals surface area contributed by atoms with E-state index in [1.54, 1.807) is 11.3 Å². The van der Waals surface area contributed by atoms with Crippen molar-refractivity contribution >= 4 is 11.3 Å². The van der Waals surface area contributed by atoms with Crippen molar-refractivity contribution in [2.24, 2.45) is 0 Å². The molecule has 1 aromatic heterocycles. The Morgan fingerprint density at radius 2 is 2.18 bits per heavy atom. The number of benzene rings is 1. The third kappa shape index (κ3) is 3.05. The van der Waals surface area contributed by atoms with Crippen LogP contribution in [-0.4, -0.2) is 10.1 Å². The highest BCUT2D eigenvalue weighted by molar-refractivity contribution is 7.09. The molecule has 0 bridgehead atoms. The van der Waals surface area contributed by atoms with Crippen LogP contribution < -0.4 is 4.74 Å². The van der Waals surface area contributed by atoms with Gasteiger partial charge in [-0.15, -0.1) is 11.3 Å². The molecule has 0 aliphatic heterocycles. The largest absolute Gasteiger partial charge is 0.487 e. The van der Waals surface area contributed by atoms with Gasteiger partial charge in [0, 0.05) is 10.9 Å². The third-order valence-corrected chi connectivity index (χ3v) is 3.25. The van der Waals surface area contributed by atoms with E-state index in [1.807, 2.05) is 37.4 Å². The highest BCUT2D eigenvalue weighted by Crippen LogP contribution is 2.21. The Hall–Kier alpha value is -1.39. The molecule has 0 saturated heterocycles. The highest BCUT2D eigenvalue weighted by Gasteiger charge is 2.05. The van der Waals surface area contributed by atoms with E-state index in [0.29, 0.717) is 6.61 Å². The predicted molar refractivity (Wildman–Crippen MR) is 68.3 cm³/mol. The molecule has 0 aliphatic carbocycles. The summed E-state index contributed by atoms with van der Waals surface area (Å²) in [5.41, 5.74) is 2.86. The quantitative estimate of drug-likeness (QED) is 0.906. The molecule has 4 heteroatoms. The first-order chi connectivity index (χ1) is 8.19. The second-order valence-electron chi connectivity index (χ2n) is 3.92. The Bertz CT molecular complexity index is 508. The zero-order valence-electron chi connectivity index (χ0n) is 9.93. The molecule has 3 nitrogen and oxygen atoms in total. The molecular formula is C13H15NO2S. The van der Waals surface area contributed by atoms with Gasteiger partial charge in [-0.05, 0) is 19.9 Å². The fourth-order valence-electron chi connectivity index (χ4n) is 1.60. The number of nitrogens with zero attached hydrogens (tertiary/aromatic N) is 1. The van der Waals surface area contributed by atoms with Crippen LogP contribution in [0.1, 0.15) is 21.8 Å². The first-order valence-corrected chi connectivity index (χ1v) is 6.31. The van der Waals surface area contributed by atoms with Gasteiger partial charge in [0.05, 0.1) is 17.3 Å². The van der Waals surface area contributed by atoms with Gasteiger partial charge in [0.2, 0.25) is 0 Å². The summed E-state index contributed by atoms with van der Waals surface area (Å²) >= 11 is 1.61. The van der Waals surface area contributed by atoms with Crippen LogP contribution in [0.3, 0.4) is 0 Å². The predicted octanol–water partition coefficient (Wildman–Crippen LogP) is 2.83. The normalized spacial score (nSPS) is 10.5. The van der Waals surface area contributed by atoms with E-state index < -0.39 is 0 Å². The second-order valence-corrected chi connectivity index (χ2v) is 4.98. The minimum Gasteiger partial charge on any atom is -0.487 e. The standard InChI is InChI=1S/C13H15NO2S/c1-9-3-4-13(11(5-9)6-15)16-7-12-8-17-10(2)14-12/h3-5,8,15H,6-7H2,1-2H3. The van der Waals surface area contributed by atoms with Crippen molar-refractivity contribution in [3.05, 3.63) is 45.4 Å². The topological polar surface area (TPSA) is 42.4 Å². The monoisotopic (exact) mass is 249 g/mol. The first kappa shape index (κ1) is 12.1. The lowest BCUT2D eigenvalue weighted by atomic mass is 10.1. The van der Waals surface area contributed by atoms with E-state index in [0.717, 1.165) is 27.6 Å². The van der Waals surface area contributed by atoms with E-state index >= 15 is 0 Å². The molecule has 1 N–H and O–H groups in total. The molecule has 0 unspecified atom stereocenters. The summed E-state index contributed by atoms with van der Waals surface area (Å²) in [5.74, 6) is 0.726. The van der Waals surface area contributed by atoms with Gasteiger partial charge in [-0.3, -0.25) is 0 Å². The van der Waals surface area contributed by atoms with E-state index in [2.05, 4.69) is 4.98 Å². The second kappa shape index (κ2) is 5.29. The Morgan fingerprint density at radius 1 is 1.35 bits per heavy atom. The molecule has 2 rings (SSSR count). The molecule has 17 heavy (non-hydrogen) atoms. The number of ether oxygens (including phenoxy) is 1. The van der Waals surface area contributed by atoms with Crippen LogP contribution in [0.25, 0.3) is 0 Å². The Kier molecular flexibility index (Phi) is 3.76. The zero-order chi connectivity index (χ0) is 12.3. The smallest absolute Gasteiger partial charge is 0.131 e. The van der Waals surface area contributed by atoms with Crippen LogP contribution in [0.2, 0.25) is 0 Å². The van der Waals surface area contributed by atoms with Crippen LogP contribution in [0.15, 0.2) is 23.6 Å². The van der Waals surface area contributed by atoms with Crippen LogP contribution in [0.4, 0.5) is 0 Å². The Morgan fingerprint density at radius 3 is 2.82 bits per heavy atom. The SMILES string of the molecule is Cc1ccc(OCc2csc(C)n2)c(CO)c1. The number of aryl methyl sites for hydroxylation is 2. The molecule has 0 saturated carbocycles. The van der Waals surface area contributed by atoms with Crippen molar-refractivity contribution in [1.82, 2.24) is 4.98 Å². The number of hydrogen-bond acceptors (Lipinski definition) is 4. The minimum atomic E-state index is -0.00684. The number of thiazole rings is 1. The minimum absolute atomic E-state index is 0.00684. The Balaban J connectivity index is 2.08. The lowest BCUT2D eigenvalue weighted by molar-refractivity contribution is 0.257. The number of rotatable bonds is 4. The first-order valence-electron chi connectivity index (χ1n) is 5.43. The Labute approximate surface area is 105 Å². The van der Waals surface area contributed by atoms with Crippen molar-refractivity contribution in [3.63, 3.8) is 0 Å². The maximum atomic E-state index is 9.25. The van der Waals surface area contributed by atoms with Crippen LogP contribution in [0.5, 0.6) is 5.75 Å². The summed E-state index contributed by atoms with van der Waals surface area (Å²) < 4.78 is 5.67. The average Bonchev–Trinajstić information content (AvgIpc) is 2.73. The molecular weight excluding hydrogens is 234 g/mol. The molecule has 0 spiro atoms. The van der Waals surface area contributed by atoms with Crippen molar-refractivity contribution in [2.75, 3.05) is 0 Å². The molecule has 1 heterocycles. The van der Waals surface area contributed by atoms with Gasteiger partial charge in [-0.1, -0.05) is 17.7 Å². The van der Waals surface area contributed by atoms with Gasteiger partial charge < -0.3 is 9.84 Å². The number of hydrogen-bond donors (Lipinski definition) is 1. The number of aliphatic hydroxyl groups is 1. The van der Waals surface area contributed by atoms with Gasteiger partial charge >= 0.3 is 0 Å². The summed E-state index contributed by atoms with van der Waals surface area (Å²) in [5, 5.41) is 12.3. The molecule has 1 aromatic carbocycles. The van der Waals surface area contributed by atoms with E-state index in [9.17, 15) is 5.11 Å². The summed E-state index contributed by atoms with van der Waals surface area (Å²) in [7, 11) is 0. The summed E-state index contributed by atoms with van der Waals surface area (Å²) in [6, 6.07) is 5.79. The lowest BCUT2D eigenvalue weighted by Gasteiger charge is -2.09. The maximum Gasteiger partial charge on any atom is 0.131 e. The molecule has 0 radical (unpaired) electrons. The molecule has 0 fully saturated rings. The van der Waals surface area contributed by atoms with Gasteiger partial charge in [0.15, 0.2) is 0 Å². The number of aromatic nitrogens is 1. The van der Waals surface area contributed by atoms with E-state index in [4.69, 9.17) is 4.74 Å². The van der Waals surface area contributed by atoms with Gasteiger partial charge in [0.1, 0.15) is 12.4 Å². The van der Waals surface area contributed by atoms with Crippen molar-refractivity contribution in [3.8, 4) is 5.75 Å². The van der Waals surface area contributed by atoms with Crippen molar-refractivity contribution in [2.45, 2.75) is 27.1 Å². The zero-order valence-corrected chi connectivity index (χ0v) is 10.8. The fourth-order valence-corrected chi connectivity index (χ4v) is 2.20. The van der Waals surface area contributed by atoms with Gasteiger partial charge in [-0.2, -0.15) is 0 Å². The van der Waals surface area contributed by atoms with Crippen LogP contribution in [-0.2, 0) is 13.2 Å². The lowest BCUT2D eigenvalue weighted by Crippen LogP contribution is -1.99. The summed E-state index contributed by atoms with van der Waals surface area (Å²) in [6.45, 7) is 4.40. The molecule has 0 aliphatic rings. The van der Waals surface area contributed by atoms with Crippen LogP contribution in [0, 0.1) is 13.8 Å². The summed E-state index contributed by atoms with van der Waals surface area (Å²) in [6.07, 6.45) is 0. The molecule has 0 amide bonds. The third-order valence-electron chi connectivity index (χ3n) is 2.43. The number of aliphatic hydroxyl groups excluding tert-OH is 1. The van der Waals surface area contributed by atoms with E-state index in [-0.39, 0.29) is 6.61 Å².